The van der Waals surface area contributed by atoms with E-state index in [0.29, 0.717) is 30.4 Å². The monoisotopic (exact) mass is 514 g/mol. The van der Waals surface area contributed by atoms with E-state index in [1.54, 1.807) is 12.1 Å². The van der Waals surface area contributed by atoms with Gasteiger partial charge in [-0.25, -0.2) is 4.79 Å². The third-order valence-electron chi connectivity index (χ3n) is 8.69. The molecule has 6 rings (SSSR count). The lowest BCUT2D eigenvalue weighted by Gasteiger charge is -2.47. The van der Waals surface area contributed by atoms with Gasteiger partial charge in [0.05, 0.1) is 6.61 Å². The molecule has 0 saturated heterocycles. The van der Waals surface area contributed by atoms with Crippen LogP contribution in [0, 0.1) is 5.92 Å². The molecule has 0 radical (unpaired) electrons. The third kappa shape index (κ3) is 4.25. The minimum atomic E-state index is -1.00. The Labute approximate surface area is 221 Å². The maximum Gasteiger partial charge on any atom is 0.329 e. The van der Waals surface area contributed by atoms with Crippen LogP contribution in [0.3, 0.4) is 0 Å². The van der Waals surface area contributed by atoms with Gasteiger partial charge < -0.3 is 20.1 Å². The first-order chi connectivity index (χ1) is 18.0. The van der Waals surface area contributed by atoms with Gasteiger partial charge in [0, 0.05) is 27.8 Å². The number of anilines is 1. The lowest BCUT2D eigenvalue weighted by molar-refractivity contribution is -0.144. The number of benzene rings is 3. The van der Waals surface area contributed by atoms with Crippen molar-refractivity contribution in [3.8, 4) is 5.75 Å². The average Bonchev–Trinajstić information content (AvgIpc) is 3.49. The highest BCUT2D eigenvalue weighted by atomic mass is 35.5. The van der Waals surface area contributed by atoms with E-state index in [2.05, 4.69) is 46.7 Å². The fourth-order valence-electron chi connectivity index (χ4n) is 6.77. The van der Waals surface area contributed by atoms with Gasteiger partial charge in [0.25, 0.3) is 0 Å². The zero-order valence-corrected chi connectivity index (χ0v) is 21.4. The summed E-state index contributed by atoms with van der Waals surface area (Å²) in [7, 11) is 0. The summed E-state index contributed by atoms with van der Waals surface area (Å²) in [5.41, 5.74) is 3.58. The number of carboxylic acid groups (broad SMARTS) is 1. The number of halogens is 1. The average molecular weight is 515 g/mol. The smallest absolute Gasteiger partial charge is 0.329 e. The molecule has 1 spiro atoms. The second-order valence-electron chi connectivity index (χ2n) is 10.6. The number of aromatic nitrogens is 1. The molecule has 1 atom stereocenters. The fraction of sp³-hybridized carbons (Fsp3) is 0.323. The van der Waals surface area contributed by atoms with Crippen LogP contribution in [0.2, 0.25) is 5.02 Å². The Morgan fingerprint density at radius 2 is 1.84 bits per heavy atom. The number of aliphatic carboxylic acids is 1. The van der Waals surface area contributed by atoms with Gasteiger partial charge in [-0.15, -0.1) is 0 Å². The summed E-state index contributed by atoms with van der Waals surface area (Å²) < 4.78 is 6.30. The van der Waals surface area contributed by atoms with E-state index >= 15 is 0 Å². The number of carbonyl (C=O) groups is 1. The van der Waals surface area contributed by atoms with Crippen molar-refractivity contribution in [2.45, 2.75) is 49.5 Å². The summed E-state index contributed by atoms with van der Waals surface area (Å²) in [4.78, 5) is 15.8. The summed E-state index contributed by atoms with van der Waals surface area (Å²) >= 11 is 6.18. The molecule has 1 fully saturated rings. The van der Waals surface area contributed by atoms with Crippen LogP contribution in [-0.2, 0) is 16.6 Å². The molecule has 0 bridgehead atoms. The molecule has 1 saturated carbocycles. The van der Waals surface area contributed by atoms with Crippen molar-refractivity contribution in [3.05, 3.63) is 95.1 Å². The second-order valence-corrected chi connectivity index (χ2v) is 11.0. The Morgan fingerprint density at radius 1 is 1.03 bits per heavy atom. The minimum absolute atomic E-state index is 0.0327. The predicted molar refractivity (Wildman–Crippen MR) is 148 cm³/mol. The van der Waals surface area contributed by atoms with Crippen molar-refractivity contribution in [1.29, 1.82) is 0 Å². The van der Waals surface area contributed by atoms with Crippen molar-refractivity contribution in [3.63, 3.8) is 0 Å². The lowest BCUT2D eigenvalue weighted by atomic mass is 9.60. The highest BCUT2D eigenvalue weighted by molar-refractivity contribution is 6.30. The van der Waals surface area contributed by atoms with Gasteiger partial charge in [0.1, 0.15) is 11.3 Å². The van der Waals surface area contributed by atoms with Crippen molar-refractivity contribution < 1.29 is 14.6 Å². The number of ether oxygens (including phenoxy) is 1. The lowest BCUT2D eigenvalue weighted by Crippen LogP contribution is -2.53. The van der Waals surface area contributed by atoms with Crippen LogP contribution in [0.1, 0.15) is 43.2 Å². The molecule has 4 aromatic rings. The van der Waals surface area contributed by atoms with Crippen LogP contribution in [0.5, 0.6) is 5.75 Å². The van der Waals surface area contributed by atoms with Gasteiger partial charge >= 0.3 is 5.97 Å². The van der Waals surface area contributed by atoms with Gasteiger partial charge in [-0.05, 0) is 97.4 Å². The molecule has 37 heavy (non-hydrogen) atoms. The Balaban J connectivity index is 1.22. The second kappa shape index (κ2) is 9.46. The normalized spacial score (nSPS) is 24.7. The first-order valence-corrected chi connectivity index (χ1v) is 13.4. The molecule has 190 valence electrons. The van der Waals surface area contributed by atoms with Gasteiger partial charge in [-0.1, -0.05) is 48.0 Å². The summed E-state index contributed by atoms with van der Waals surface area (Å²) in [5.74, 6) is 0.518. The first-order valence-electron chi connectivity index (χ1n) is 13.0. The van der Waals surface area contributed by atoms with E-state index in [-0.39, 0.29) is 5.41 Å². The number of aromatic amines is 1. The van der Waals surface area contributed by atoms with E-state index < -0.39 is 11.5 Å². The van der Waals surface area contributed by atoms with Crippen molar-refractivity contribution in [2.75, 3.05) is 11.9 Å². The van der Waals surface area contributed by atoms with E-state index in [0.717, 1.165) is 48.0 Å². The molecule has 0 aliphatic heterocycles. The van der Waals surface area contributed by atoms with Gasteiger partial charge in [-0.3, -0.25) is 0 Å². The van der Waals surface area contributed by atoms with Gasteiger partial charge in [-0.2, -0.15) is 0 Å². The maximum atomic E-state index is 12.6. The number of carboxylic acids is 1. The Hall–Kier alpha value is -3.44. The summed E-state index contributed by atoms with van der Waals surface area (Å²) in [6.07, 6.45) is 6.64. The minimum Gasteiger partial charge on any atom is -0.493 e. The Kier molecular flexibility index (Phi) is 6.12. The van der Waals surface area contributed by atoms with Crippen LogP contribution in [0.15, 0.2) is 79.0 Å². The molecule has 6 heteroatoms. The highest BCUT2D eigenvalue weighted by Gasteiger charge is 2.53. The van der Waals surface area contributed by atoms with Gasteiger partial charge in [0.2, 0.25) is 0 Å². The van der Waals surface area contributed by atoms with Crippen LogP contribution >= 0.6 is 11.6 Å². The van der Waals surface area contributed by atoms with E-state index in [1.165, 1.54) is 11.1 Å². The fourth-order valence-corrected chi connectivity index (χ4v) is 6.96. The molecule has 2 aliphatic carbocycles. The number of H-pyrrole nitrogens is 1. The third-order valence-corrected chi connectivity index (χ3v) is 8.93. The molecule has 3 N–H and O–H groups in total. The van der Waals surface area contributed by atoms with Crippen molar-refractivity contribution in [2.24, 2.45) is 5.92 Å². The zero-order chi connectivity index (χ0) is 25.5. The van der Waals surface area contributed by atoms with Crippen LogP contribution in [0.4, 0.5) is 5.69 Å². The molecule has 2 aliphatic rings. The summed E-state index contributed by atoms with van der Waals surface area (Å²) in [5, 5.41) is 15.4. The summed E-state index contributed by atoms with van der Waals surface area (Å²) in [6, 6.07) is 24.2. The highest BCUT2D eigenvalue weighted by Crippen LogP contribution is 2.55. The molecular weight excluding hydrogens is 484 g/mol. The molecule has 3 aromatic carbocycles. The van der Waals surface area contributed by atoms with E-state index in [1.807, 2.05) is 30.5 Å². The SMILES string of the molecule is O=C(O)C1(Nc2cccc(Cl)c2)CCC2(CC1)c1ccccc1CC2CCOc1cccc2[nH]ccc12. The zero-order valence-electron chi connectivity index (χ0n) is 20.7. The van der Waals surface area contributed by atoms with E-state index in [9.17, 15) is 9.90 Å². The maximum absolute atomic E-state index is 12.6. The van der Waals surface area contributed by atoms with Crippen molar-refractivity contribution in [1.82, 2.24) is 4.98 Å². The number of rotatable bonds is 7. The van der Waals surface area contributed by atoms with Crippen molar-refractivity contribution >= 4 is 34.2 Å². The number of hydrogen-bond donors (Lipinski definition) is 3. The molecule has 0 amide bonds. The molecule has 1 heterocycles. The quantitative estimate of drug-likeness (QED) is 0.243. The van der Waals surface area contributed by atoms with Crippen LogP contribution < -0.4 is 10.1 Å². The molecule has 1 unspecified atom stereocenters. The topological polar surface area (TPSA) is 74.3 Å². The number of hydrogen-bond acceptors (Lipinski definition) is 3. The van der Waals surface area contributed by atoms with E-state index in [4.69, 9.17) is 16.3 Å². The number of nitrogens with one attached hydrogen (secondary N) is 2. The predicted octanol–water partition coefficient (Wildman–Crippen LogP) is 7.21. The standard InChI is InChI=1S/C31H31ClN2O3/c32-23-6-3-7-24(20-23)34-31(29(35)36)15-13-30(14-16-31)22(19-21-5-1-2-8-26(21)30)12-18-37-28-10-4-9-27-25(28)11-17-33-27/h1-11,17,20,22,33-34H,12-16,18-19H2,(H,35,36). The molecule has 1 aromatic heterocycles. The molecular formula is C31H31ClN2O3. The Morgan fingerprint density at radius 3 is 2.65 bits per heavy atom. The summed E-state index contributed by atoms with van der Waals surface area (Å²) in [6.45, 7) is 0.634. The largest absolute Gasteiger partial charge is 0.493 e. The Bertz CT molecular complexity index is 1440. The van der Waals surface area contributed by atoms with Crippen LogP contribution in [-0.4, -0.2) is 28.2 Å². The van der Waals surface area contributed by atoms with Gasteiger partial charge in [0.15, 0.2) is 0 Å². The first kappa shape index (κ1) is 23.9. The molecule has 5 nitrogen and oxygen atoms in total. The van der Waals surface area contributed by atoms with Crippen LogP contribution in [0.25, 0.3) is 10.9 Å². The number of fused-ring (bicyclic) bond motifs is 3.